The van der Waals surface area contributed by atoms with E-state index in [0.717, 1.165) is 11.3 Å². The van der Waals surface area contributed by atoms with Gasteiger partial charge in [-0.1, -0.05) is 6.07 Å². The highest BCUT2D eigenvalue weighted by Gasteiger charge is 2.26. The normalized spacial score (nSPS) is 12.4. The zero-order valence-corrected chi connectivity index (χ0v) is 17.4. The summed E-state index contributed by atoms with van der Waals surface area (Å²) in [6.45, 7) is 1.97. The molecule has 0 aromatic heterocycles. The van der Waals surface area contributed by atoms with Crippen LogP contribution in [0.2, 0.25) is 0 Å². The first-order valence-electron chi connectivity index (χ1n) is 9.63. The lowest BCUT2D eigenvalue weighted by atomic mass is 10.1. The molecule has 0 aliphatic carbocycles. The summed E-state index contributed by atoms with van der Waals surface area (Å²) in [6, 6.07) is 18.1. The average molecular weight is 401 g/mol. The van der Waals surface area contributed by atoms with Crippen LogP contribution in [0.25, 0.3) is 0 Å². The van der Waals surface area contributed by atoms with Crippen molar-refractivity contribution in [3.63, 3.8) is 0 Å². The summed E-state index contributed by atoms with van der Waals surface area (Å²) in [5.74, 6) is 0.644. The molecule has 1 heterocycles. The van der Waals surface area contributed by atoms with Crippen LogP contribution in [0.3, 0.4) is 0 Å². The Bertz CT molecular complexity index is 1140. The molecule has 0 spiro atoms. The van der Waals surface area contributed by atoms with Crippen LogP contribution in [-0.4, -0.2) is 33.0 Å². The smallest absolute Gasteiger partial charge is 0.261 e. The molecule has 152 valence electrons. The van der Waals surface area contributed by atoms with E-state index in [4.69, 9.17) is 4.74 Å². The van der Waals surface area contributed by atoms with Crippen LogP contribution in [0.15, 0.2) is 60.7 Å². The van der Waals surface area contributed by atoms with Crippen LogP contribution in [0.1, 0.15) is 26.3 Å². The molecular weight excluding hydrogens is 378 g/mol. The van der Waals surface area contributed by atoms with E-state index in [2.05, 4.69) is 5.32 Å². The quantitative estimate of drug-likeness (QED) is 0.691. The summed E-state index contributed by atoms with van der Waals surface area (Å²) >= 11 is 0. The third kappa shape index (κ3) is 3.59. The second-order valence-electron chi connectivity index (χ2n) is 7.54. The van der Waals surface area contributed by atoms with Crippen LogP contribution >= 0.6 is 0 Å². The number of rotatable bonds is 3. The van der Waals surface area contributed by atoms with Gasteiger partial charge in [0.2, 0.25) is 0 Å². The van der Waals surface area contributed by atoms with Crippen molar-refractivity contribution in [2.45, 2.75) is 6.92 Å². The monoisotopic (exact) mass is 401 g/mol. The topological polar surface area (TPSA) is 61.9 Å². The molecule has 4 rings (SSSR count). The van der Waals surface area contributed by atoms with Gasteiger partial charge in [-0.15, -0.1) is 0 Å². The standard InChI is InChI=1S/C24H23N3O3/c1-15-5-11-22-20(13-15)27(4)24(29)19-14-17(8-12-21(19)30-22)25-23(28)16-6-9-18(10-7-16)26(2)3/h5-14H,1-4H3,(H,25,28). The van der Waals surface area contributed by atoms with Gasteiger partial charge in [0.05, 0.1) is 11.3 Å². The number of carbonyl (C=O) groups excluding carboxylic acids is 2. The Hall–Kier alpha value is -3.80. The first-order chi connectivity index (χ1) is 14.3. The molecule has 0 fully saturated rings. The van der Waals surface area contributed by atoms with Crippen LogP contribution in [0.4, 0.5) is 17.1 Å². The molecule has 1 N–H and O–H groups in total. The summed E-state index contributed by atoms with van der Waals surface area (Å²) in [5, 5.41) is 2.86. The van der Waals surface area contributed by atoms with Crippen molar-refractivity contribution in [3.05, 3.63) is 77.4 Å². The number of benzene rings is 3. The van der Waals surface area contributed by atoms with E-state index < -0.39 is 0 Å². The molecule has 2 amide bonds. The Morgan fingerprint density at radius 1 is 0.967 bits per heavy atom. The van der Waals surface area contributed by atoms with Gasteiger partial charge < -0.3 is 19.9 Å². The lowest BCUT2D eigenvalue weighted by Crippen LogP contribution is -2.25. The molecule has 3 aromatic carbocycles. The van der Waals surface area contributed by atoms with Crippen LogP contribution in [-0.2, 0) is 0 Å². The Morgan fingerprint density at radius 2 is 1.67 bits per heavy atom. The number of amides is 2. The first kappa shape index (κ1) is 19.5. The summed E-state index contributed by atoms with van der Waals surface area (Å²) in [4.78, 5) is 29.2. The maximum Gasteiger partial charge on any atom is 0.261 e. The molecule has 0 saturated heterocycles. The molecule has 3 aromatic rings. The number of anilines is 3. The highest BCUT2D eigenvalue weighted by Crippen LogP contribution is 2.39. The van der Waals surface area contributed by atoms with Gasteiger partial charge >= 0.3 is 0 Å². The fourth-order valence-corrected chi connectivity index (χ4v) is 3.36. The SMILES string of the molecule is Cc1ccc2c(c1)N(C)C(=O)c1cc(NC(=O)c3ccc(N(C)C)cc3)ccc1O2. The van der Waals surface area contributed by atoms with Gasteiger partial charge in [0.15, 0.2) is 5.75 Å². The van der Waals surface area contributed by atoms with Gasteiger partial charge in [-0.2, -0.15) is 0 Å². The Labute approximate surface area is 175 Å². The zero-order chi connectivity index (χ0) is 21.4. The Balaban J connectivity index is 1.61. The molecular formula is C24H23N3O3. The van der Waals surface area contributed by atoms with Crippen molar-refractivity contribution >= 4 is 28.9 Å². The number of ether oxygens (including phenoxy) is 1. The first-order valence-corrected chi connectivity index (χ1v) is 9.63. The minimum absolute atomic E-state index is 0.194. The summed E-state index contributed by atoms with van der Waals surface area (Å²) in [7, 11) is 5.61. The number of carbonyl (C=O) groups is 2. The van der Waals surface area contributed by atoms with E-state index in [1.54, 1.807) is 42.3 Å². The highest BCUT2D eigenvalue weighted by atomic mass is 16.5. The minimum Gasteiger partial charge on any atom is -0.454 e. The van der Waals surface area contributed by atoms with Crippen LogP contribution in [0, 0.1) is 6.92 Å². The van der Waals surface area contributed by atoms with E-state index in [1.165, 1.54) is 0 Å². The molecule has 0 saturated carbocycles. The predicted octanol–water partition coefficient (Wildman–Crippen LogP) is 4.70. The molecule has 0 unspecified atom stereocenters. The van der Waals surface area contributed by atoms with E-state index in [0.29, 0.717) is 34.0 Å². The van der Waals surface area contributed by atoms with Crippen LogP contribution < -0.4 is 19.9 Å². The third-order valence-electron chi connectivity index (χ3n) is 5.11. The van der Waals surface area contributed by atoms with Crippen molar-refractivity contribution in [3.8, 4) is 11.5 Å². The van der Waals surface area contributed by atoms with E-state index in [9.17, 15) is 9.59 Å². The van der Waals surface area contributed by atoms with Crippen molar-refractivity contribution in [1.29, 1.82) is 0 Å². The summed E-state index contributed by atoms with van der Waals surface area (Å²) in [5.41, 5.74) is 4.23. The van der Waals surface area contributed by atoms with Gasteiger partial charge in [-0.05, 0) is 67.1 Å². The van der Waals surface area contributed by atoms with E-state index >= 15 is 0 Å². The number of nitrogens with one attached hydrogen (secondary N) is 1. The minimum atomic E-state index is -0.241. The zero-order valence-electron chi connectivity index (χ0n) is 17.4. The lowest BCUT2D eigenvalue weighted by Gasteiger charge is -2.17. The largest absolute Gasteiger partial charge is 0.454 e. The number of aryl methyl sites for hydroxylation is 1. The maximum atomic E-state index is 13.0. The second-order valence-corrected chi connectivity index (χ2v) is 7.54. The average Bonchev–Trinajstić information content (AvgIpc) is 2.83. The number of hydrogen-bond donors (Lipinski definition) is 1. The molecule has 0 radical (unpaired) electrons. The van der Waals surface area contributed by atoms with Crippen molar-refractivity contribution in [2.24, 2.45) is 0 Å². The van der Waals surface area contributed by atoms with Crippen molar-refractivity contribution < 1.29 is 14.3 Å². The third-order valence-corrected chi connectivity index (χ3v) is 5.11. The Morgan fingerprint density at radius 3 is 2.37 bits per heavy atom. The highest BCUT2D eigenvalue weighted by molar-refractivity contribution is 6.11. The van der Waals surface area contributed by atoms with Gasteiger partial charge in [0, 0.05) is 38.1 Å². The van der Waals surface area contributed by atoms with Crippen LogP contribution in [0.5, 0.6) is 11.5 Å². The molecule has 0 bridgehead atoms. The predicted molar refractivity (Wildman–Crippen MR) is 119 cm³/mol. The fourth-order valence-electron chi connectivity index (χ4n) is 3.36. The van der Waals surface area contributed by atoms with Crippen molar-refractivity contribution in [1.82, 2.24) is 0 Å². The number of hydrogen-bond acceptors (Lipinski definition) is 4. The lowest BCUT2D eigenvalue weighted by molar-refractivity contribution is 0.0990. The summed E-state index contributed by atoms with van der Waals surface area (Å²) < 4.78 is 6.00. The fraction of sp³-hybridized carbons (Fsp3) is 0.167. The number of fused-ring (bicyclic) bond motifs is 2. The molecule has 6 nitrogen and oxygen atoms in total. The maximum absolute atomic E-state index is 13.0. The summed E-state index contributed by atoms with van der Waals surface area (Å²) in [6.07, 6.45) is 0. The van der Waals surface area contributed by atoms with E-state index in [-0.39, 0.29) is 11.8 Å². The number of nitrogens with zero attached hydrogens (tertiary/aromatic N) is 2. The molecule has 30 heavy (non-hydrogen) atoms. The van der Waals surface area contributed by atoms with E-state index in [1.807, 2.05) is 56.3 Å². The molecule has 1 aliphatic rings. The van der Waals surface area contributed by atoms with Crippen molar-refractivity contribution in [2.75, 3.05) is 36.3 Å². The molecule has 0 atom stereocenters. The molecule has 1 aliphatic heterocycles. The second kappa shape index (κ2) is 7.55. The van der Waals surface area contributed by atoms with Gasteiger partial charge in [-0.25, -0.2) is 0 Å². The Kier molecular flexibility index (Phi) is 4.91. The van der Waals surface area contributed by atoms with Gasteiger partial charge in [-0.3, -0.25) is 9.59 Å². The van der Waals surface area contributed by atoms with Gasteiger partial charge in [0.25, 0.3) is 11.8 Å². The van der Waals surface area contributed by atoms with Gasteiger partial charge in [0.1, 0.15) is 5.75 Å². The molecule has 6 heteroatoms.